The first-order valence-corrected chi connectivity index (χ1v) is 12.3. The molecule has 4 rings (SSSR count). The lowest BCUT2D eigenvalue weighted by Crippen LogP contribution is -2.45. The summed E-state index contributed by atoms with van der Waals surface area (Å²) in [5.41, 5.74) is 1.85. The summed E-state index contributed by atoms with van der Waals surface area (Å²) in [6.07, 6.45) is 2.82. The minimum Gasteiger partial charge on any atom is -0.466 e. The van der Waals surface area contributed by atoms with Gasteiger partial charge in [-0.1, -0.05) is 6.07 Å². The van der Waals surface area contributed by atoms with Crippen LogP contribution < -0.4 is 0 Å². The van der Waals surface area contributed by atoms with Gasteiger partial charge in [-0.15, -0.1) is 11.3 Å². The Labute approximate surface area is 202 Å². The number of aryl methyl sites for hydroxylation is 1. The standard InChI is InChI=1S/C24H29N5O4S/c1-4-33-24(32)17-7-9-28(10-8-17)21(30)15-27(3)23(31)19-12-16(2)26-22-20(19)13-25-29(22)14-18-6-5-11-34-18/h5-6,11-13,17H,4,7-10,14-15H2,1-3H3. The molecule has 0 unspecified atom stereocenters. The second-order valence-electron chi connectivity index (χ2n) is 8.50. The van der Waals surface area contributed by atoms with Gasteiger partial charge in [0.25, 0.3) is 5.91 Å². The fourth-order valence-corrected chi connectivity index (χ4v) is 4.91. The number of hydrogen-bond donors (Lipinski definition) is 0. The monoisotopic (exact) mass is 483 g/mol. The van der Waals surface area contributed by atoms with E-state index in [0.717, 1.165) is 4.88 Å². The number of likely N-dealkylation sites (N-methyl/N-ethyl adjacent to an activating group) is 1. The van der Waals surface area contributed by atoms with Gasteiger partial charge >= 0.3 is 5.97 Å². The van der Waals surface area contributed by atoms with Gasteiger partial charge < -0.3 is 14.5 Å². The first-order chi connectivity index (χ1) is 16.4. The molecule has 10 heteroatoms. The van der Waals surface area contributed by atoms with E-state index in [0.29, 0.717) is 61.4 Å². The first kappa shape index (κ1) is 23.9. The summed E-state index contributed by atoms with van der Waals surface area (Å²) in [6.45, 7) is 5.51. The number of piperidine rings is 1. The van der Waals surface area contributed by atoms with Crippen molar-refractivity contribution in [3.05, 3.63) is 45.9 Å². The highest BCUT2D eigenvalue weighted by Gasteiger charge is 2.29. The molecule has 0 saturated carbocycles. The smallest absolute Gasteiger partial charge is 0.309 e. The highest BCUT2D eigenvalue weighted by Crippen LogP contribution is 2.22. The molecule has 2 amide bonds. The molecule has 4 heterocycles. The van der Waals surface area contributed by atoms with Crippen molar-refractivity contribution in [2.24, 2.45) is 5.92 Å². The van der Waals surface area contributed by atoms with Gasteiger partial charge in [-0.05, 0) is 44.2 Å². The molecule has 0 aromatic carbocycles. The fraction of sp³-hybridized carbons (Fsp3) is 0.458. The van der Waals surface area contributed by atoms with Crippen LogP contribution in [0.1, 0.15) is 40.7 Å². The van der Waals surface area contributed by atoms with Crippen molar-refractivity contribution < 1.29 is 19.1 Å². The van der Waals surface area contributed by atoms with Crippen molar-refractivity contribution >= 4 is 40.2 Å². The number of esters is 1. The lowest BCUT2D eigenvalue weighted by Gasteiger charge is -2.32. The molecular weight excluding hydrogens is 454 g/mol. The second kappa shape index (κ2) is 10.3. The zero-order valence-corrected chi connectivity index (χ0v) is 20.5. The predicted octanol–water partition coefficient (Wildman–Crippen LogP) is 2.72. The Bertz CT molecular complexity index is 1180. The lowest BCUT2D eigenvalue weighted by molar-refractivity contribution is -0.151. The van der Waals surface area contributed by atoms with E-state index in [4.69, 9.17) is 4.74 Å². The van der Waals surface area contributed by atoms with Gasteiger partial charge in [0.05, 0.1) is 42.8 Å². The number of rotatable bonds is 7. The van der Waals surface area contributed by atoms with Crippen molar-refractivity contribution in [2.75, 3.05) is 33.3 Å². The van der Waals surface area contributed by atoms with Gasteiger partial charge in [0.2, 0.25) is 5.91 Å². The van der Waals surface area contributed by atoms with Crippen molar-refractivity contribution in [1.29, 1.82) is 0 Å². The second-order valence-corrected chi connectivity index (χ2v) is 9.53. The number of aromatic nitrogens is 3. The molecule has 0 N–H and O–H groups in total. The summed E-state index contributed by atoms with van der Waals surface area (Å²) in [6, 6.07) is 5.77. The van der Waals surface area contributed by atoms with E-state index in [1.165, 1.54) is 4.90 Å². The van der Waals surface area contributed by atoms with Gasteiger partial charge in [-0.2, -0.15) is 5.10 Å². The highest BCUT2D eigenvalue weighted by atomic mass is 32.1. The molecule has 0 radical (unpaired) electrons. The maximum atomic E-state index is 13.3. The van der Waals surface area contributed by atoms with Crippen LogP contribution in [0.4, 0.5) is 0 Å². The van der Waals surface area contributed by atoms with E-state index in [1.54, 1.807) is 47.2 Å². The lowest BCUT2D eigenvalue weighted by atomic mass is 9.97. The molecule has 1 saturated heterocycles. The predicted molar refractivity (Wildman–Crippen MR) is 129 cm³/mol. The summed E-state index contributed by atoms with van der Waals surface area (Å²) in [7, 11) is 1.63. The Morgan fingerprint density at radius 3 is 2.71 bits per heavy atom. The number of amides is 2. The van der Waals surface area contributed by atoms with Crippen LogP contribution in [-0.2, 0) is 20.9 Å². The summed E-state index contributed by atoms with van der Waals surface area (Å²) < 4.78 is 6.89. The molecular formula is C24H29N5O4S. The van der Waals surface area contributed by atoms with Gasteiger partial charge in [-0.3, -0.25) is 14.4 Å². The van der Waals surface area contributed by atoms with Crippen LogP contribution in [0.5, 0.6) is 0 Å². The van der Waals surface area contributed by atoms with Gasteiger partial charge in [0.1, 0.15) is 0 Å². The van der Waals surface area contributed by atoms with Crippen molar-refractivity contribution in [3.8, 4) is 0 Å². The minimum absolute atomic E-state index is 0.0326. The molecule has 1 aliphatic heterocycles. The third-order valence-electron chi connectivity index (χ3n) is 6.04. The van der Waals surface area contributed by atoms with Crippen molar-refractivity contribution in [1.82, 2.24) is 24.6 Å². The van der Waals surface area contributed by atoms with Crippen LogP contribution in [0.2, 0.25) is 0 Å². The average Bonchev–Trinajstić information content (AvgIpc) is 3.49. The molecule has 180 valence electrons. The Morgan fingerprint density at radius 2 is 2.03 bits per heavy atom. The van der Waals surface area contributed by atoms with Crippen LogP contribution in [0, 0.1) is 12.8 Å². The van der Waals surface area contributed by atoms with E-state index in [2.05, 4.69) is 10.1 Å². The molecule has 0 bridgehead atoms. The first-order valence-electron chi connectivity index (χ1n) is 11.4. The van der Waals surface area contributed by atoms with Gasteiger partial charge in [0, 0.05) is 30.7 Å². The Morgan fingerprint density at radius 1 is 1.26 bits per heavy atom. The van der Waals surface area contributed by atoms with Crippen LogP contribution in [0.3, 0.4) is 0 Å². The molecule has 0 spiro atoms. The van der Waals surface area contributed by atoms with Crippen LogP contribution in [-0.4, -0.2) is 75.6 Å². The van der Waals surface area contributed by atoms with Crippen LogP contribution >= 0.6 is 11.3 Å². The molecule has 1 aliphatic rings. The van der Waals surface area contributed by atoms with E-state index in [1.807, 2.05) is 24.4 Å². The van der Waals surface area contributed by atoms with Gasteiger partial charge in [0.15, 0.2) is 5.65 Å². The molecule has 3 aromatic heterocycles. The topological polar surface area (TPSA) is 97.6 Å². The van der Waals surface area contributed by atoms with Crippen molar-refractivity contribution in [3.63, 3.8) is 0 Å². The number of carbonyl (C=O) groups is 3. The zero-order valence-electron chi connectivity index (χ0n) is 19.7. The third kappa shape index (κ3) is 5.11. The van der Waals surface area contributed by atoms with E-state index in [-0.39, 0.29) is 30.2 Å². The molecule has 0 atom stereocenters. The van der Waals surface area contributed by atoms with Crippen LogP contribution in [0.25, 0.3) is 11.0 Å². The number of ether oxygens (including phenoxy) is 1. The number of likely N-dealkylation sites (tertiary alicyclic amines) is 1. The largest absolute Gasteiger partial charge is 0.466 e. The quantitative estimate of drug-likeness (QED) is 0.480. The maximum absolute atomic E-state index is 13.3. The molecule has 34 heavy (non-hydrogen) atoms. The van der Waals surface area contributed by atoms with Crippen molar-refractivity contribution in [2.45, 2.75) is 33.2 Å². The summed E-state index contributed by atoms with van der Waals surface area (Å²) >= 11 is 1.64. The summed E-state index contributed by atoms with van der Waals surface area (Å²) in [5, 5.41) is 7.14. The number of carbonyl (C=O) groups excluding carboxylic acids is 3. The number of fused-ring (bicyclic) bond motifs is 1. The number of nitrogens with zero attached hydrogens (tertiary/aromatic N) is 5. The number of hydrogen-bond acceptors (Lipinski definition) is 7. The maximum Gasteiger partial charge on any atom is 0.309 e. The molecule has 1 fully saturated rings. The van der Waals surface area contributed by atoms with Crippen LogP contribution in [0.15, 0.2) is 29.8 Å². The SMILES string of the molecule is CCOC(=O)C1CCN(C(=O)CN(C)C(=O)c2cc(C)nc3c2cnn3Cc2cccs2)CC1. The number of pyridine rings is 1. The highest BCUT2D eigenvalue weighted by molar-refractivity contribution is 7.09. The molecule has 9 nitrogen and oxygen atoms in total. The molecule has 0 aliphatic carbocycles. The summed E-state index contributed by atoms with van der Waals surface area (Å²) in [5.74, 6) is -0.741. The normalized spacial score (nSPS) is 14.4. The number of thiophene rings is 1. The van der Waals surface area contributed by atoms with E-state index < -0.39 is 0 Å². The Balaban J connectivity index is 1.43. The third-order valence-corrected chi connectivity index (χ3v) is 6.90. The minimum atomic E-state index is -0.249. The molecule has 3 aromatic rings. The zero-order chi connectivity index (χ0) is 24.2. The van der Waals surface area contributed by atoms with Gasteiger partial charge in [-0.25, -0.2) is 9.67 Å². The average molecular weight is 484 g/mol. The van der Waals surface area contributed by atoms with E-state index in [9.17, 15) is 14.4 Å². The Hall–Kier alpha value is -3.27. The Kier molecular flexibility index (Phi) is 7.26. The summed E-state index contributed by atoms with van der Waals surface area (Å²) in [4.78, 5) is 47.0. The van der Waals surface area contributed by atoms with E-state index >= 15 is 0 Å². The fourth-order valence-electron chi connectivity index (χ4n) is 4.22.